The number of nitrogen functional groups attached to an aromatic ring is 1. The molecule has 1 atom stereocenters. The topological polar surface area (TPSA) is 89.3 Å². The Kier molecular flexibility index (Phi) is 2.19. The summed E-state index contributed by atoms with van der Waals surface area (Å²) in [6.45, 7) is 0.285. The Morgan fingerprint density at radius 1 is 1.71 bits per heavy atom. The van der Waals surface area contributed by atoms with E-state index in [1.54, 1.807) is 18.5 Å². The van der Waals surface area contributed by atoms with E-state index in [4.69, 9.17) is 10.6 Å². The lowest BCUT2D eigenvalue weighted by atomic mass is 10.2. The summed E-state index contributed by atoms with van der Waals surface area (Å²) in [6, 6.07) is 1.26. The summed E-state index contributed by atoms with van der Waals surface area (Å²) in [5.74, 6) is -0.201. The second-order valence-corrected chi connectivity index (χ2v) is 2.94. The fraction of sp³-hybridized carbons (Fsp3) is 0.250. The van der Waals surface area contributed by atoms with Crippen molar-refractivity contribution in [2.24, 2.45) is 0 Å². The van der Waals surface area contributed by atoms with Crippen LogP contribution in [0.5, 0.6) is 0 Å². The van der Waals surface area contributed by atoms with E-state index >= 15 is 0 Å². The molecule has 0 aromatic carbocycles. The molecule has 0 bridgehead atoms. The van der Waals surface area contributed by atoms with Gasteiger partial charge in [-0.3, -0.25) is 14.6 Å². The number of anilines is 2. The Hall–Kier alpha value is -1.82. The molecule has 2 rings (SSSR count). The van der Waals surface area contributed by atoms with Crippen LogP contribution in [0.1, 0.15) is 0 Å². The number of hydroxylamine groups is 1. The van der Waals surface area contributed by atoms with Crippen LogP contribution < -0.4 is 16.5 Å². The second kappa shape index (κ2) is 3.51. The normalized spacial score (nSPS) is 20.6. The summed E-state index contributed by atoms with van der Waals surface area (Å²) in [7, 11) is 0. The average molecular weight is 194 g/mol. The van der Waals surface area contributed by atoms with Gasteiger partial charge in [-0.05, 0) is 6.07 Å². The first-order chi connectivity index (χ1) is 6.77. The van der Waals surface area contributed by atoms with Gasteiger partial charge in [0.25, 0.3) is 5.91 Å². The summed E-state index contributed by atoms with van der Waals surface area (Å²) >= 11 is 0. The molecule has 1 fully saturated rings. The molecule has 0 saturated carbocycles. The van der Waals surface area contributed by atoms with Crippen molar-refractivity contribution in [3.8, 4) is 0 Å². The SMILES string of the molecule is Nc1ccncc1NC1CONC1=O. The number of aromatic nitrogens is 1. The summed E-state index contributed by atoms with van der Waals surface area (Å²) in [4.78, 5) is 19.8. The lowest BCUT2D eigenvalue weighted by Crippen LogP contribution is -2.31. The number of carbonyl (C=O) groups excluding carboxylic acids is 1. The number of hydrogen-bond acceptors (Lipinski definition) is 5. The number of nitrogens with zero attached hydrogens (tertiary/aromatic N) is 1. The molecule has 6 heteroatoms. The molecule has 1 saturated heterocycles. The molecule has 4 N–H and O–H groups in total. The fourth-order valence-electron chi connectivity index (χ4n) is 1.16. The van der Waals surface area contributed by atoms with Gasteiger partial charge in [0.1, 0.15) is 12.6 Å². The van der Waals surface area contributed by atoms with Gasteiger partial charge in [0.15, 0.2) is 0 Å². The smallest absolute Gasteiger partial charge is 0.268 e. The van der Waals surface area contributed by atoms with Crippen molar-refractivity contribution in [2.75, 3.05) is 17.7 Å². The molecule has 1 unspecified atom stereocenters. The first-order valence-corrected chi connectivity index (χ1v) is 4.15. The van der Waals surface area contributed by atoms with Crippen molar-refractivity contribution in [1.82, 2.24) is 10.5 Å². The van der Waals surface area contributed by atoms with Crippen LogP contribution in [0, 0.1) is 0 Å². The number of hydrogen-bond donors (Lipinski definition) is 3. The van der Waals surface area contributed by atoms with Gasteiger partial charge in [0, 0.05) is 6.20 Å². The molecule has 1 amide bonds. The number of rotatable bonds is 2. The molecule has 0 aliphatic carbocycles. The minimum atomic E-state index is -0.401. The molecule has 2 heterocycles. The lowest BCUT2D eigenvalue weighted by molar-refractivity contribution is -0.124. The van der Waals surface area contributed by atoms with E-state index in [1.165, 1.54) is 0 Å². The zero-order chi connectivity index (χ0) is 9.97. The maximum Gasteiger partial charge on any atom is 0.268 e. The van der Waals surface area contributed by atoms with Gasteiger partial charge >= 0.3 is 0 Å². The van der Waals surface area contributed by atoms with Crippen molar-refractivity contribution in [1.29, 1.82) is 0 Å². The third kappa shape index (κ3) is 1.60. The van der Waals surface area contributed by atoms with Crippen LogP contribution in [-0.4, -0.2) is 23.5 Å². The highest BCUT2D eigenvalue weighted by Gasteiger charge is 2.25. The van der Waals surface area contributed by atoms with E-state index in [0.29, 0.717) is 11.4 Å². The molecule has 1 aliphatic rings. The Morgan fingerprint density at radius 3 is 3.21 bits per heavy atom. The predicted molar refractivity (Wildman–Crippen MR) is 50.2 cm³/mol. The Morgan fingerprint density at radius 2 is 2.57 bits per heavy atom. The Balaban J connectivity index is 2.10. The summed E-state index contributed by atoms with van der Waals surface area (Å²) in [6.07, 6.45) is 3.16. The monoisotopic (exact) mass is 194 g/mol. The fourth-order valence-corrected chi connectivity index (χ4v) is 1.16. The maximum absolute atomic E-state index is 11.1. The van der Waals surface area contributed by atoms with Crippen molar-refractivity contribution >= 4 is 17.3 Å². The molecule has 1 aromatic rings. The Bertz CT molecular complexity index is 355. The molecule has 0 spiro atoms. The lowest BCUT2D eigenvalue weighted by Gasteiger charge is -2.10. The van der Waals surface area contributed by atoms with E-state index in [9.17, 15) is 4.79 Å². The first-order valence-electron chi connectivity index (χ1n) is 4.15. The second-order valence-electron chi connectivity index (χ2n) is 2.94. The van der Waals surface area contributed by atoms with Crippen LogP contribution in [0.4, 0.5) is 11.4 Å². The van der Waals surface area contributed by atoms with E-state index < -0.39 is 6.04 Å². The molecule has 1 aliphatic heterocycles. The van der Waals surface area contributed by atoms with Crippen molar-refractivity contribution in [3.63, 3.8) is 0 Å². The van der Waals surface area contributed by atoms with Gasteiger partial charge in [-0.2, -0.15) is 0 Å². The van der Waals surface area contributed by atoms with E-state index in [1.807, 2.05) is 0 Å². The van der Waals surface area contributed by atoms with Gasteiger partial charge in [-0.1, -0.05) is 0 Å². The summed E-state index contributed by atoms with van der Waals surface area (Å²) in [5.41, 5.74) is 9.11. The van der Waals surface area contributed by atoms with Gasteiger partial charge in [-0.15, -0.1) is 0 Å². The number of amides is 1. The average Bonchev–Trinajstić information content (AvgIpc) is 2.56. The zero-order valence-electron chi connectivity index (χ0n) is 7.36. The van der Waals surface area contributed by atoms with Crippen LogP contribution in [0.2, 0.25) is 0 Å². The summed E-state index contributed by atoms with van der Waals surface area (Å²) in [5, 5.41) is 2.93. The van der Waals surface area contributed by atoms with Crippen molar-refractivity contribution in [3.05, 3.63) is 18.5 Å². The molecule has 1 aromatic heterocycles. The highest BCUT2D eigenvalue weighted by Crippen LogP contribution is 2.17. The van der Waals surface area contributed by atoms with Crippen LogP contribution >= 0.6 is 0 Å². The third-order valence-corrected chi connectivity index (χ3v) is 1.92. The number of nitrogens with one attached hydrogen (secondary N) is 2. The first kappa shape index (κ1) is 8.76. The van der Waals surface area contributed by atoms with Gasteiger partial charge in [-0.25, -0.2) is 5.48 Å². The number of pyridine rings is 1. The summed E-state index contributed by atoms with van der Waals surface area (Å²) < 4.78 is 0. The minimum Gasteiger partial charge on any atom is -0.397 e. The van der Waals surface area contributed by atoms with Crippen molar-refractivity contribution < 1.29 is 9.63 Å². The molecule has 6 nitrogen and oxygen atoms in total. The largest absolute Gasteiger partial charge is 0.397 e. The molecule has 0 radical (unpaired) electrons. The standard InChI is InChI=1S/C8H10N4O2/c9-5-1-2-10-3-6(5)11-7-4-14-12-8(7)13/h1-3,7,11H,4H2,(H2,9,10)(H,12,13). The maximum atomic E-state index is 11.1. The van der Waals surface area contributed by atoms with E-state index in [0.717, 1.165) is 0 Å². The van der Waals surface area contributed by atoms with Gasteiger partial charge in [0.05, 0.1) is 17.6 Å². The van der Waals surface area contributed by atoms with Crippen LogP contribution in [0.15, 0.2) is 18.5 Å². The van der Waals surface area contributed by atoms with Gasteiger partial charge in [0.2, 0.25) is 0 Å². The minimum absolute atomic E-state index is 0.201. The van der Waals surface area contributed by atoms with Gasteiger partial charge < -0.3 is 11.1 Å². The molecule has 14 heavy (non-hydrogen) atoms. The van der Waals surface area contributed by atoms with Crippen LogP contribution in [0.25, 0.3) is 0 Å². The Labute approximate surface area is 80.4 Å². The molecule has 74 valence electrons. The van der Waals surface area contributed by atoms with E-state index in [-0.39, 0.29) is 12.5 Å². The zero-order valence-corrected chi connectivity index (χ0v) is 7.36. The van der Waals surface area contributed by atoms with Crippen LogP contribution in [0.3, 0.4) is 0 Å². The highest BCUT2D eigenvalue weighted by molar-refractivity contribution is 5.86. The quantitative estimate of drug-likeness (QED) is 0.591. The molecular formula is C8H10N4O2. The third-order valence-electron chi connectivity index (χ3n) is 1.92. The predicted octanol–water partition coefficient (Wildman–Crippen LogP) is -0.494. The molecular weight excluding hydrogens is 184 g/mol. The van der Waals surface area contributed by atoms with E-state index in [2.05, 4.69) is 15.8 Å². The van der Waals surface area contributed by atoms with Crippen molar-refractivity contribution in [2.45, 2.75) is 6.04 Å². The number of nitrogens with two attached hydrogens (primary N) is 1. The number of carbonyl (C=O) groups is 1. The van der Waals surface area contributed by atoms with Crippen LogP contribution in [-0.2, 0) is 9.63 Å². The highest BCUT2D eigenvalue weighted by atomic mass is 16.7.